The Balaban J connectivity index is 2.22. The predicted molar refractivity (Wildman–Crippen MR) is 39.8 cm³/mol. The van der Waals surface area contributed by atoms with Crippen LogP contribution in [0.25, 0.3) is 0 Å². The predicted octanol–water partition coefficient (Wildman–Crippen LogP) is -2.58. The smallest absolute Gasteiger partial charge is 0.298 e. The minimum atomic E-state index is 0.907. The molecule has 1 heterocycles. The third-order valence-corrected chi connectivity index (χ3v) is 1.14. The standard InChI is InChI=1S/C2H8B3N3/c1-2-8-4-6-3-7-5-8/h2-7H,1H2. The topological polar surface area (TPSA) is 27.3 Å². The number of hydrogen-bond donors (Lipinski definition) is 2. The Morgan fingerprint density at radius 2 is 2.00 bits per heavy atom. The summed E-state index contributed by atoms with van der Waals surface area (Å²) in [6.45, 7) is 3.63. The molecule has 1 rings (SSSR count). The van der Waals surface area contributed by atoms with Gasteiger partial charge >= 0.3 is 0 Å². The summed E-state index contributed by atoms with van der Waals surface area (Å²) in [5, 5.41) is 6.26. The summed E-state index contributed by atoms with van der Waals surface area (Å²) in [6.07, 6.45) is 1.82. The second kappa shape index (κ2) is 2.84. The van der Waals surface area contributed by atoms with Crippen LogP contribution in [0.3, 0.4) is 0 Å². The molecule has 40 valence electrons. The van der Waals surface area contributed by atoms with Gasteiger partial charge in [0.1, 0.15) is 0 Å². The van der Waals surface area contributed by atoms with Crippen LogP contribution in [-0.4, -0.2) is 27.4 Å². The van der Waals surface area contributed by atoms with Crippen molar-refractivity contribution < 1.29 is 0 Å². The van der Waals surface area contributed by atoms with Crippen molar-refractivity contribution in [1.29, 1.82) is 0 Å². The van der Waals surface area contributed by atoms with Crippen molar-refractivity contribution in [2.45, 2.75) is 0 Å². The number of rotatable bonds is 1. The van der Waals surface area contributed by atoms with E-state index in [2.05, 4.69) is 21.6 Å². The van der Waals surface area contributed by atoms with Crippen molar-refractivity contribution in [3.8, 4) is 0 Å². The molecule has 1 aliphatic heterocycles. The molecule has 0 unspecified atom stereocenters. The summed E-state index contributed by atoms with van der Waals surface area (Å²) in [7, 11) is 2.73. The number of nitrogens with zero attached hydrogens (tertiary/aromatic N) is 1. The van der Waals surface area contributed by atoms with E-state index in [0.29, 0.717) is 0 Å². The van der Waals surface area contributed by atoms with Gasteiger partial charge in [0.2, 0.25) is 0 Å². The molecule has 1 fully saturated rings. The van der Waals surface area contributed by atoms with E-state index in [0.717, 1.165) is 22.6 Å². The molecule has 0 spiro atoms. The minimum Gasteiger partial charge on any atom is -0.447 e. The van der Waals surface area contributed by atoms with Crippen molar-refractivity contribution in [2.24, 2.45) is 0 Å². The highest BCUT2D eigenvalue weighted by molar-refractivity contribution is 6.65. The zero-order valence-electron chi connectivity index (χ0n) is 4.85. The Bertz CT molecular complexity index is 80.6. The van der Waals surface area contributed by atoms with Crippen molar-refractivity contribution in [2.75, 3.05) is 0 Å². The molecule has 8 heavy (non-hydrogen) atoms. The zero-order chi connectivity index (χ0) is 5.82. The molecular weight excluding hydrogens is 98.5 g/mol. The first kappa shape index (κ1) is 5.79. The van der Waals surface area contributed by atoms with Crippen LogP contribution < -0.4 is 10.3 Å². The lowest BCUT2D eigenvalue weighted by atomic mass is 9.81. The Labute approximate surface area is 51.4 Å². The zero-order valence-corrected chi connectivity index (χ0v) is 4.85. The molecular formula is C2H8B3N3. The monoisotopic (exact) mass is 107 g/mol. The van der Waals surface area contributed by atoms with E-state index in [1.807, 2.05) is 6.20 Å². The highest BCUT2D eigenvalue weighted by atomic mass is 15.1. The van der Waals surface area contributed by atoms with Crippen LogP contribution in [0.5, 0.6) is 0 Å². The van der Waals surface area contributed by atoms with Crippen LogP contribution in [0.2, 0.25) is 0 Å². The summed E-state index contributed by atoms with van der Waals surface area (Å²) < 4.78 is 2.06. The van der Waals surface area contributed by atoms with Crippen LogP contribution in [0, 0.1) is 0 Å². The lowest BCUT2D eigenvalue weighted by molar-refractivity contribution is 0.891. The van der Waals surface area contributed by atoms with Crippen molar-refractivity contribution in [3.05, 3.63) is 12.8 Å². The third-order valence-electron chi connectivity index (χ3n) is 1.14. The number of nitrogens with one attached hydrogen (secondary N) is 2. The average Bonchev–Trinajstić information content (AvgIpc) is 1.90. The molecule has 2 N–H and O–H groups in total. The average molecular weight is 107 g/mol. The largest absolute Gasteiger partial charge is 0.447 e. The number of hydrogen-bond acceptors (Lipinski definition) is 3. The summed E-state index contributed by atoms with van der Waals surface area (Å²) in [5.41, 5.74) is 0. The molecule has 0 aromatic heterocycles. The first-order valence-corrected chi connectivity index (χ1v) is 2.71. The molecule has 0 atom stereocenters. The van der Waals surface area contributed by atoms with Gasteiger partial charge in [0.25, 0.3) is 22.6 Å². The van der Waals surface area contributed by atoms with Gasteiger partial charge in [0.05, 0.1) is 0 Å². The lowest BCUT2D eigenvalue weighted by Gasteiger charge is -2.23. The van der Waals surface area contributed by atoms with Crippen molar-refractivity contribution >= 4 is 22.6 Å². The van der Waals surface area contributed by atoms with Crippen LogP contribution in [0.4, 0.5) is 0 Å². The van der Waals surface area contributed by atoms with E-state index in [1.165, 1.54) is 0 Å². The highest BCUT2D eigenvalue weighted by Crippen LogP contribution is 1.78. The fourth-order valence-corrected chi connectivity index (χ4v) is 0.672. The summed E-state index contributed by atoms with van der Waals surface area (Å²) in [4.78, 5) is 0. The van der Waals surface area contributed by atoms with Gasteiger partial charge in [-0.1, -0.05) is 6.58 Å². The van der Waals surface area contributed by atoms with Crippen LogP contribution in [-0.2, 0) is 0 Å². The molecule has 0 aromatic carbocycles. The molecule has 3 nitrogen and oxygen atoms in total. The molecule has 0 radical (unpaired) electrons. The Morgan fingerprint density at radius 3 is 2.38 bits per heavy atom. The van der Waals surface area contributed by atoms with Gasteiger partial charge in [-0.05, 0) is 6.20 Å². The molecule has 1 aliphatic rings. The quantitative estimate of drug-likeness (QED) is 0.360. The van der Waals surface area contributed by atoms with Crippen LogP contribution in [0.1, 0.15) is 0 Å². The van der Waals surface area contributed by atoms with Crippen LogP contribution in [0.15, 0.2) is 12.8 Å². The fourth-order valence-electron chi connectivity index (χ4n) is 0.672. The highest BCUT2D eigenvalue weighted by Gasteiger charge is 2.07. The maximum atomic E-state index is 3.63. The minimum absolute atomic E-state index is 0.907. The van der Waals surface area contributed by atoms with Gasteiger partial charge in [-0.2, -0.15) is 0 Å². The van der Waals surface area contributed by atoms with Gasteiger partial charge in [-0.15, -0.1) is 0 Å². The van der Waals surface area contributed by atoms with Gasteiger partial charge < -0.3 is 15.0 Å². The maximum absolute atomic E-state index is 3.63. The molecule has 0 saturated carbocycles. The maximum Gasteiger partial charge on any atom is 0.298 e. The summed E-state index contributed by atoms with van der Waals surface area (Å²) in [6, 6.07) is 0. The fraction of sp³-hybridized carbons (Fsp3) is 0. The Hall–Kier alpha value is -0.345. The molecule has 0 aliphatic carbocycles. The molecule has 0 aromatic rings. The van der Waals surface area contributed by atoms with E-state index < -0.39 is 0 Å². The van der Waals surface area contributed by atoms with Gasteiger partial charge in [0, 0.05) is 0 Å². The second-order valence-electron chi connectivity index (χ2n) is 1.76. The molecule has 6 heteroatoms. The third kappa shape index (κ3) is 1.31. The van der Waals surface area contributed by atoms with Crippen LogP contribution >= 0.6 is 0 Å². The van der Waals surface area contributed by atoms with E-state index in [1.54, 1.807) is 0 Å². The Morgan fingerprint density at radius 1 is 1.38 bits per heavy atom. The first-order chi connectivity index (χ1) is 3.93. The van der Waals surface area contributed by atoms with Crippen molar-refractivity contribution in [1.82, 2.24) is 15.0 Å². The van der Waals surface area contributed by atoms with E-state index in [9.17, 15) is 0 Å². The second-order valence-corrected chi connectivity index (χ2v) is 1.76. The SMILES string of the molecule is C=CN1BNBNB1. The van der Waals surface area contributed by atoms with Gasteiger partial charge in [0.15, 0.2) is 0 Å². The van der Waals surface area contributed by atoms with Gasteiger partial charge in [-0.25, -0.2) is 0 Å². The summed E-state index contributed by atoms with van der Waals surface area (Å²) >= 11 is 0. The lowest BCUT2D eigenvalue weighted by Crippen LogP contribution is -2.55. The molecule has 1 saturated heterocycles. The Kier molecular flexibility index (Phi) is 2.05. The van der Waals surface area contributed by atoms with Gasteiger partial charge in [-0.3, -0.25) is 0 Å². The molecule has 0 amide bonds. The normalized spacial score (nSPS) is 17.8. The van der Waals surface area contributed by atoms with E-state index in [4.69, 9.17) is 0 Å². The summed E-state index contributed by atoms with van der Waals surface area (Å²) in [5.74, 6) is 0. The van der Waals surface area contributed by atoms with E-state index in [-0.39, 0.29) is 0 Å². The van der Waals surface area contributed by atoms with Crippen molar-refractivity contribution in [3.63, 3.8) is 0 Å². The first-order valence-electron chi connectivity index (χ1n) is 2.71. The molecule has 0 bridgehead atoms. The van der Waals surface area contributed by atoms with E-state index >= 15 is 0 Å².